The lowest BCUT2D eigenvalue weighted by Gasteiger charge is -2.14. The van der Waals surface area contributed by atoms with E-state index in [2.05, 4.69) is 10.6 Å². The predicted molar refractivity (Wildman–Crippen MR) is 84.1 cm³/mol. The average molecular weight is 337 g/mol. The summed E-state index contributed by atoms with van der Waals surface area (Å²) in [7, 11) is 0. The van der Waals surface area contributed by atoms with E-state index in [1.54, 1.807) is 0 Å². The number of carboxylic acids is 1. The van der Waals surface area contributed by atoms with Crippen molar-refractivity contribution >= 4 is 41.1 Å². The van der Waals surface area contributed by atoms with Crippen molar-refractivity contribution in [2.45, 2.75) is 0 Å². The molecule has 9 heteroatoms. The van der Waals surface area contributed by atoms with Gasteiger partial charge in [0.2, 0.25) is 11.8 Å². The predicted octanol–water partition coefficient (Wildman–Crippen LogP) is -0.0276. The van der Waals surface area contributed by atoms with Gasteiger partial charge >= 0.3 is 5.97 Å². The lowest BCUT2D eigenvalue weighted by molar-refractivity contribution is -0.135. The third kappa shape index (κ3) is 4.99. The zero-order chi connectivity index (χ0) is 16.8. The molecule has 8 nitrogen and oxygen atoms in total. The first-order valence-corrected chi connectivity index (χ1v) is 7.86. The number of thioether (sulfide) groups is 1. The molecular weight excluding hydrogens is 322 g/mol. The first-order chi connectivity index (χ1) is 11.0. The fraction of sp³-hybridized carbons (Fsp3) is 0.286. The molecule has 0 aliphatic carbocycles. The highest BCUT2D eigenvalue weighted by Crippen LogP contribution is 2.15. The number of carbonyl (C=O) groups is 4. The van der Waals surface area contributed by atoms with Crippen LogP contribution in [0.25, 0.3) is 0 Å². The smallest absolute Gasteiger partial charge is 0.322 e. The average Bonchev–Trinajstić information content (AvgIpc) is 2.90. The summed E-state index contributed by atoms with van der Waals surface area (Å²) in [6.45, 7) is -0.466. The van der Waals surface area contributed by atoms with Gasteiger partial charge < -0.3 is 20.6 Å². The number of anilines is 1. The van der Waals surface area contributed by atoms with Gasteiger partial charge in [0.1, 0.15) is 13.1 Å². The highest BCUT2D eigenvalue weighted by Gasteiger charge is 2.22. The van der Waals surface area contributed by atoms with E-state index in [1.165, 1.54) is 40.9 Å². The topological polar surface area (TPSA) is 116 Å². The molecule has 0 spiro atoms. The number of carbonyl (C=O) groups excluding carboxylic acids is 3. The summed E-state index contributed by atoms with van der Waals surface area (Å²) in [6, 6.07) is 6.02. The van der Waals surface area contributed by atoms with Crippen molar-refractivity contribution in [1.29, 1.82) is 0 Å². The van der Waals surface area contributed by atoms with Gasteiger partial charge in [0, 0.05) is 11.3 Å². The van der Waals surface area contributed by atoms with Gasteiger partial charge in [-0.25, -0.2) is 0 Å². The van der Waals surface area contributed by atoms with Gasteiger partial charge in [-0.2, -0.15) is 0 Å². The number of hydrogen-bond donors (Lipinski definition) is 3. The minimum Gasteiger partial charge on any atom is -0.480 e. The standard InChI is InChI=1S/C14H15N3O5S/c18-11(6-17-8-23-7-12(17)19)16-10-3-1-9(2-4-10)14(22)15-5-13(20)21/h1-4H,5-8H2,(H,15,22)(H,16,18)(H,20,21). The molecule has 3 N–H and O–H groups in total. The van der Waals surface area contributed by atoms with Gasteiger partial charge in [-0.15, -0.1) is 11.8 Å². The van der Waals surface area contributed by atoms with E-state index < -0.39 is 18.4 Å². The molecule has 1 heterocycles. The molecule has 0 unspecified atom stereocenters. The Kier molecular flexibility index (Phi) is 5.58. The maximum Gasteiger partial charge on any atom is 0.322 e. The Bertz CT molecular complexity index is 632. The molecule has 23 heavy (non-hydrogen) atoms. The van der Waals surface area contributed by atoms with Crippen molar-refractivity contribution in [3.05, 3.63) is 29.8 Å². The summed E-state index contributed by atoms with van der Waals surface area (Å²) in [5.74, 6) is -1.11. The van der Waals surface area contributed by atoms with Gasteiger partial charge in [-0.1, -0.05) is 0 Å². The number of nitrogens with zero attached hydrogens (tertiary/aromatic N) is 1. The quantitative estimate of drug-likeness (QED) is 0.671. The maximum atomic E-state index is 11.9. The first-order valence-electron chi connectivity index (χ1n) is 6.71. The summed E-state index contributed by atoms with van der Waals surface area (Å²) in [4.78, 5) is 46.8. The number of amides is 3. The molecule has 0 aromatic heterocycles. The number of rotatable bonds is 6. The Hall–Kier alpha value is -2.55. The molecule has 0 bridgehead atoms. The lowest BCUT2D eigenvalue weighted by Crippen LogP contribution is -2.34. The van der Waals surface area contributed by atoms with Crippen LogP contribution in [0, 0.1) is 0 Å². The summed E-state index contributed by atoms with van der Waals surface area (Å²) < 4.78 is 0. The fourth-order valence-corrected chi connectivity index (χ4v) is 2.78. The van der Waals surface area contributed by atoms with Crippen LogP contribution in [0.2, 0.25) is 0 Å². The van der Waals surface area contributed by atoms with Crippen molar-refractivity contribution in [1.82, 2.24) is 10.2 Å². The number of carboxylic acid groups (broad SMARTS) is 1. The van der Waals surface area contributed by atoms with Crippen molar-refractivity contribution in [3.63, 3.8) is 0 Å². The van der Waals surface area contributed by atoms with E-state index in [0.29, 0.717) is 17.3 Å². The molecule has 0 atom stereocenters. The van der Waals surface area contributed by atoms with Crippen LogP contribution in [-0.2, 0) is 14.4 Å². The third-order valence-corrected chi connectivity index (χ3v) is 3.94. The number of aliphatic carboxylic acids is 1. The molecule has 1 aromatic carbocycles. The van der Waals surface area contributed by atoms with Gasteiger partial charge in [-0.05, 0) is 24.3 Å². The Morgan fingerprint density at radius 3 is 2.48 bits per heavy atom. The molecule has 1 aliphatic heterocycles. The van der Waals surface area contributed by atoms with E-state index in [0.717, 1.165) is 0 Å². The number of hydrogen-bond acceptors (Lipinski definition) is 5. The van der Waals surface area contributed by atoms with Crippen molar-refractivity contribution in [2.24, 2.45) is 0 Å². The second-order valence-electron chi connectivity index (χ2n) is 4.77. The maximum absolute atomic E-state index is 11.9. The SMILES string of the molecule is O=C(O)CNC(=O)c1ccc(NC(=O)CN2CSCC2=O)cc1. The number of benzene rings is 1. The summed E-state index contributed by atoms with van der Waals surface area (Å²) in [5, 5.41) is 13.4. The van der Waals surface area contributed by atoms with E-state index in [9.17, 15) is 19.2 Å². The zero-order valence-electron chi connectivity index (χ0n) is 12.1. The van der Waals surface area contributed by atoms with Crippen LogP contribution in [0.3, 0.4) is 0 Å². The van der Waals surface area contributed by atoms with Crippen molar-refractivity contribution in [2.75, 3.05) is 30.0 Å². The van der Waals surface area contributed by atoms with Crippen molar-refractivity contribution < 1.29 is 24.3 Å². The van der Waals surface area contributed by atoms with Gasteiger partial charge in [0.15, 0.2) is 0 Å². The summed E-state index contributed by atoms with van der Waals surface area (Å²) >= 11 is 1.46. The monoisotopic (exact) mass is 337 g/mol. The molecule has 1 fully saturated rings. The van der Waals surface area contributed by atoms with Crippen molar-refractivity contribution in [3.8, 4) is 0 Å². The summed E-state index contributed by atoms with van der Waals surface area (Å²) in [6.07, 6.45) is 0. The molecule has 1 saturated heterocycles. The molecule has 0 radical (unpaired) electrons. The van der Waals surface area contributed by atoms with Crippen LogP contribution in [0.4, 0.5) is 5.69 Å². The van der Waals surface area contributed by atoms with Crippen LogP contribution >= 0.6 is 11.8 Å². The second kappa shape index (κ2) is 7.63. The molecule has 2 rings (SSSR count). The molecule has 1 aromatic rings. The normalized spacial score (nSPS) is 13.7. The van der Waals surface area contributed by atoms with Gasteiger partial charge in [0.05, 0.1) is 11.6 Å². The van der Waals surface area contributed by atoms with Crippen LogP contribution in [0.5, 0.6) is 0 Å². The lowest BCUT2D eigenvalue weighted by atomic mass is 10.2. The van der Waals surface area contributed by atoms with E-state index >= 15 is 0 Å². The van der Waals surface area contributed by atoms with E-state index in [-0.39, 0.29) is 23.9 Å². The van der Waals surface area contributed by atoms with Crippen LogP contribution < -0.4 is 10.6 Å². The highest BCUT2D eigenvalue weighted by atomic mass is 32.2. The summed E-state index contributed by atoms with van der Waals surface area (Å²) in [5.41, 5.74) is 0.777. The van der Waals surface area contributed by atoms with E-state index in [1.807, 2.05) is 0 Å². The Morgan fingerprint density at radius 2 is 1.91 bits per heavy atom. The highest BCUT2D eigenvalue weighted by molar-refractivity contribution is 8.00. The largest absolute Gasteiger partial charge is 0.480 e. The molecule has 0 saturated carbocycles. The zero-order valence-corrected chi connectivity index (χ0v) is 12.9. The first kappa shape index (κ1) is 16.8. The molecular formula is C14H15N3O5S. The van der Waals surface area contributed by atoms with Crippen LogP contribution in [0.15, 0.2) is 24.3 Å². The minimum atomic E-state index is -1.13. The second-order valence-corrected chi connectivity index (χ2v) is 5.73. The molecule has 122 valence electrons. The van der Waals surface area contributed by atoms with Gasteiger partial charge in [-0.3, -0.25) is 19.2 Å². The van der Waals surface area contributed by atoms with E-state index in [4.69, 9.17) is 5.11 Å². The fourth-order valence-electron chi connectivity index (χ4n) is 1.88. The molecule has 1 aliphatic rings. The van der Waals surface area contributed by atoms with Crippen LogP contribution in [-0.4, -0.2) is 58.4 Å². The van der Waals surface area contributed by atoms with Gasteiger partial charge in [0.25, 0.3) is 5.91 Å². The van der Waals surface area contributed by atoms with Crippen LogP contribution in [0.1, 0.15) is 10.4 Å². The Balaban J connectivity index is 1.86. The Morgan fingerprint density at radius 1 is 1.22 bits per heavy atom. The minimum absolute atomic E-state index is 0.00726. The molecule has 3 amide bonds. The third-order valence-electron chi connectivity index (χ3n) is 2.99. The number of nitrogens with one attached hydrogen (secondary N) is 2. The Labute approximate surface area is 136 Å².